The molecule has 0 unspecified atom stereocenters. The Morgan fingerprint density at radius 3 is 3.00 bits per heavy atom. The van der Waals surface area contributed by atoms with E-state index in [-0.39, 0.29) is 0 Å². The first-order chi connectivity index (χ1) is 9.85. The number of nitrogens with one attached hydrogen (secondary N) is 1. The van der Waals surface area contributed by atoms with Crippen LogP contribution in [0.3, 0.4) is 0 Å². The van der Waals surface area contributed by atoms with Gasteiger partial charge in [0, 0.05) is 12.5 Å². The van der Waals surface area contributed by atoms with Crippen molar-refractivity contribution in [2.75, 3.05) is 6.54 Å². The van der Waals surface area contributed by atoms with Gasteiger partial charge in [-0.3, -0.25) is 4.98 Å². The molecule has 1 saturated carbocycles. The Kier molecular flexibility index (Phi) is 3.92. The quantitative estimate of drug-likeness (QED) is 0.832. The van der Waals surface area contributed by atoms with Crippen LogP contribution in [-0.2, 0) is 13.2 Å². The Morgan fingerprint density at radius 1 is 1.40 bits per heavy atom. The van der Waals surface area contributed by atoms with Gasteiger partial charge in [0.15, 0.2) is 6.61 Å². The van der Waals surface area contributed by atoms with Crippen LogP contribution in [0.5, 0.6) is 5.75 Å². The van der Waals surface area contributed by atoms with Crippen molar-refractivity contribution < 1.29 is 9.26 Å². The molecule has 0 spiro atoms. The average molecular weight is 274 g/mol. The van der Waals surface area contributed by atoms with Crippen molar-refractivity contribution in [2.24, 2.45) is 0 Å². The van der Waals surface area contributed by atoms with Gasteiger partial charge in [-0.25, -0.2) is 0 Å². The fraction of sp³-hybridized carbons (Fsp3) is 0.500. The summed E-state index contributed by atoms with van der Waals surface area (Å²) in [6, 6.07) is 3.85. The molecule has 0 bridgehead atoms. The summed E-state index contributed by atoms with van der Waals surface area (Å²) >= 11 is 0. The van der Waals surface area contributed by atoms with Gasteiger partial charge in [0.05, 0.1) is 11.9 Å². The van der Waals surface area contributed by atoms with Crippen molar-refractivity contribution in [3.05, 3.63) is 35.7 Å². The number of hydrogen-bond donors (Lipinski definition) is 1. The molecule has 3 rings (SSSR count). The molecule has 106 valence electrons. The van der Waals surface area contributed by atoms with E-state index in [0.717, 1.165) is 37.5 Å². The molecule has 6 heteroatoms. The van der Waals surface area contributed by atoms with E-state index in [4.69, 9.17) is 9.26 Å². The highest BCUT2D eigenvalue weighted by Gasteiger charge is 2.29. The number of nitrogens with zero attached hydrogens (tertiary/aromatic N) is 3. The molecule has 0 radical (unpaired) electrons. The molecule has 1 aliphatic carbocycles. The Bertz CT molecular complexity index is 549. The van der Waals surface area contributed by atoms with Gasteiger partial charge in [-0.05, 0) is 31.5 Å². The van der Waals surface area contributed by atoms with Crippen molar-refractivity contribution in [2.45, 2.75) is 38.8 Å². The highest BCUT2D eigenvalue weighted by Crippen LogP contribution is 2.38. The molecule has 2 aromatic heterocycles. The SMILES string of the molecule is CCNCc1ccc(OCc2noc(C3CC3)n2)cn1. The van der Waals surface area contributed by atoms with Gasteiger partial charge in [-0.2, -0.15) is 4.98 Å². The van der Waals surface area contributed by atoms with Gasteiger partial charge in [0.2, 0.25) is 11.7 Å². The first kappa shape index (κ1) is 13.1. The van der Waals surface area contributed by atoms with Gasteiger partial charge >= 0.3 is 0 Å². The molecule has 0 amide bonds. The summed E-state index contributed by atoms with van der Waals surface area (Å²) in [6.45, 7) is 4.08. The van der Waals surface area contributed by atoms with Crippen molar-refractivity contribution in [3.8, 4) is 5.75 Å². The lowest BCUT2D eigenvalue weighted by molar-refractivity contribution is 0.284. The van der Waals surface area contributed by atoms with E-state index >= 15 is 0 Å². The Balaban J connectivity index is 1.51. The van der Waals surface area contributed by atoms with E-state index in [2.05, 4.69) is 27.4 Å². The Labute approximate surface area is 117 Å². The molecule has 0 aliphatic heterocycles. The number of ether oxygens (including phenoxy) is 1. The van der Waals surface area contributed by atoms with E-state index in [1.807, 2.05) is 12.1 Å². The lowest BCUT2D eigenvalue weighted by Gasteiger charge is -2.04. The van der Waals surface area contributed by atoms with Crippen LogP contribution in [0.1, 0.15) is 43.1 Å². The van der Waals surface area contributed by atoms with Crippen LogP contribution in [0, 0.1) is 0 Å². The molecule has 2 heterocycles. The van der Waals surface area contributed by atoms with Crippen LogP contribution in [0.15, 0.2) is 22.9 Å². The summed E-state index contributed by atoms with van der Waals surface area (Å²) in [5, 5.41) is 7.13. The molecule has 20 heavy (non-hydrogen) atoms. The number of hydrogen-bond acceptors (Lipinski definition) is 6. The summed E-state index contributed by atoms with van der Waals surface area (Å²) in [7, 11) is 0. The second-order valence-corrected chi connectivity index (χ2v) is 4.88. The fourth-order valence-corrected chi connectivity index (χ4v) is 1.82. The van der Waals surface area contributed by atoms with Crippen LogP contribution < -0.4 is 10.1 Å². The van der Waals surface area contributed by atoms with Gasteiger partial charge < -0.3 is 14.6 Å². The van der Waals surface area contributed by atoms with Gasteiger partial charge in [-0.15, -0.1) is 0 Å². The molecule has 6 nitrogen and oxygen atoms in total. The average Bonchev–Trinajstić information content (AvgIpc) is 3.23. The number of rotatable bonds is 7. The number of pyridine rings is 1. The predicted molar refractivity (Wildman–Crippen MR) is 72.2 cm³/mol. The van der Waals surface area contributed by atoms with Crippen LogP contribution in [0.25, 0.3) is 0 Å². The summed E-state index contributed by atoms with van der Waals surface area (Å²) in [4.78, 5) is 8.63. The molecule has 2 aromatic rings. The third-order valence-electron chi connectivity index (χ3n) is 3.13. The van der Waals surface area contributed by atoms with Gasteiger partial charge in [0.25, 0.3) is 0 Å². The monoisotopic (exact) mass is 274 g/mol. The van der Waals surface area contributed by atoms with E-state index in [0.29, 0.717) is 24.1 Å². The largest absolute Gasteiger partial charge is 0.484 e. The molecular formula is C14H18N4O2. The number of aromatic nitrogens is 3. The molecule has 0 aromatic carbocycles. The van der Waals surface area contributed by atoms with Crippen LogP contribution in [-0.4, -0.2) is 21.7 Å². The van der Waals surface area contributed by atoms with Crippen molar-refractivity contribution >= 4 is 0 Å². The lowest BCUT2D eigenvalue weighted by Crippen LogP contribution is -2.12. The molecule has 1 fully saturated rings. The third kappa shape index (κ3) is 3.33. The molecule has 0 atom stereocenters. The van der Waals surface area contributed by atoms with Crippen LogP contribution in [0.4, 0.5) is 0 Å². The Hall–Kier alpha value is -1.95. The maximum atomic E-state index is 5.60. The van der Waals surface area contributed by atoms with E-state index in [1.165, 1.54) is 0 Å². The minimum Gasteiger partial charge on any atom is -0.484 e. The van der Waals surface area contributed by atoms with Crippen molar-refractivity contribution in [1.29, 1.82) is 0 Å². The first-order valence-corrected chi connectivity index (χ1v) is 6.96. The fourth-order valence-electron chi connectivity index (χ4n) is 1.82. The molecule has 1 N–H and O–H groups in total. The third-order valence-corrected chi connectivity index (χ3v) is 3.13. The van der Waals surface area contributed by atoms with Gasteiger partial charge in [-0.1, -0.05) is 12.1 Å². The molecular weight excluding hydrogens is 256 g/mol. The summed E-state index contributed by atoms with van der Waals surface area (Å²) < 4.78 is 10.8. The van der Waals surface area contributed by atoms with E-state index in [9.17, 15) is 0 Å². The van der Waals surface area contributed by atoms with Crippen LogP contribution >= 0.6 is 0 Å². The minimum atomic E-state index is 0.310. The lowest BCUT2D eigenvalue weighted by atomic mass is 10.3. The zero-order chi connectivity index (χ0) is 13.8. The summed E-state index contributed by atoms with van der Waals surface area (Å²) in [5.74, 6) is 2.51. The maximum Gasteiger partial charge on any atom is 0.229 e. The predicted octanol–water partition coefficient (Wildman–Crippen LogP) is 2.03. The summed E-state index contributed by atoms with van der Waals surface area (Å²) in [5.41, 5.74) is 0.995. The highest BCUT2D eigenvalue weighted by atomic mass is 16.5. The second kappa shape index (κ2) is 6.00. The minimum absolute atomic E-state index is 0.310. The Morgan fingerprint density at radius 2 is 2.30 bits per heavy atom. The molecule has 1 aliphatic rings. The van der Waals surface area contributed by atoms with E-state index < -0.39 is 0 Å². The van der Waals surface area contributed by atoms with Crippen molar-refractivity contribution in [3.63, 3.8) is 0 Å². The summed E-state index contributed by atoms with van der Waals surface area (Å²) in [6.07, 6.45) is 4.02. The van der Waals surface area contributed by atoms with Crippen molar-refractivity contribution in [1.82, 2.24) is 20.4 Å². The van der Waals surface area contributed by atoms with Crippen LogP contribution in [0.2, 0.25) is 0 Å². The zero-order valence-corrected chi connectivity index (χ0v) is 11.5. The molecule has 0 saturated heterocycles. The maximum absolute atomic E-state index is 5.60. The topological polar surface area (TPSA) is 73.1 Å². The van der Waals surface area contributed by atoms with Gasteiger partial charge in [0.1, 0.15) is 5.75 Å². The standard InChI is InChI=1S/C14H18N4O2/c1-2-15-7-11-5-6-12(8-16-11)19-9-13-17-14(20-18-13)10-3-4-10/h5-6,8,10,15H,2-4,7,9H2,1H3. The second-order valence-electron chi connectivity index (χ2n) is 4.88. The smallest absolute Gasteiger partial charge is 0.229 e. The highest BCUT2D eigenvalue weighted by molar-refractivity contribution is 5.20. The normalized spacial score (nSPS) is 14.4. The van der Waals surface area contributed by atoms with E-state index in [1.54, 1.807) is 6.20 Å². The first-order valence-electron chi connectivity index (χ1n) is 6.96. The zero-order valence-electron chi connectivity index (χ0n) is 11.5.